The van der Waals surface area contributed by atoms with E-state index in [2.05, 4.69) is 159 Å². The number of furan rings is 1. The highest BCUT2D eigenvalue weighted by atomic mass is 16.3. The van der Waals surface area contributed by atoms with E-state index < -0.39 is 5.41 Å². The van der Waals surface area contributed by atoms with E-state index in [0.717, 1.165) is 50.0 Å². The fraction of sp³-hybridized carbons (Fsp3) is 0.0800. The zero-order valence-corrected chi connectivity index (χ0v) is 29.5. The molecule has 7 aromatic carbocycles. The van der Waals surface area contributed by atoms with Crippen LogP contribution in [-0.4, -0.2) is 9.97 Å². The highest BCUT2D eigenvalue weighted by molar-refractivity contribution is 6.09. The molecule has 0 N–H and O–H groups in total. The first-order valence-corrected chi connectivity index (χ1v) is 18.3. The van der Waals surface area contributed by atoms with E-state index in [0.29, 0.717) is 5.82 Å². The van der Waals surface area contributed by atoms with Gasteiger partial charge in [0.2, 0.25) is 0 Å². The van der Waals surface area contributed by atoms with Gasteiger partial charge in [0.25, 0.3) is 0 Å². The van der Waals surface area contributed by atoms with Crippen LogP contribution >= 0.6 is 0 Å². The van der Waals surface area contributed by atoms with Crippen LogP contribution in [-0.2, 0) is 10.8 Å². The largest absolute Gasteiger partial charge is 0.456 e. The summed E-state index contributed by atoms with van der Waals surface area (Å²) in [5.74, 6) is 0.705. The molecule has 0 saturated heterocycles. The first-order chi connectivity index (χ1) is 26.0. The van der Waals surface area contributed by atoms with Gasteiger partial charge >= 0.3 is 0 Å². The Morgan fingerprint density at radius 1 is 0.434 bits per heavy atom. The molecule has 2 aliphatic rings. The smallest absolute Gasteiger partial charge is 0.160 e. The fourth-order valence-corrected chi connectivity index (χ4v) is 9.45. The Hall–Kier alpha value is -6.58. The number of hydrogen-bond acceptors (Lipinski definition) is 3. The maximum absolute atomic E-state index is 7.02. The lowest BCUT2D eigenvalue weighted by Gasteiger charge is -2.46. The lowest BCUT2D eigenvalue weighted by atomic mass is 9.55. The van der Waals surface area contributed by atoms with Crippen molar-refractivity contribution in [3.8, 4) is 45.0 Å². The second-order valence-corrected chi connectivity index (χ2v) is 14.9. The van der Waals surface area contributed by atoms with Crippen LogP contribution in [0, 0.1) is 0 Å². The third kappa shape index (κ3) is 4.11. The molecule has 3 nitrogen and oxygen atoms in total. The summed E-state index contributed by atoms with van der Waals surface area (Å²) in [6.07, 6.45) is 0. The topological polar surface area (TPSA) is 38.9 Å². The molecule has 9 aromatic rings. The standard InChI is InChI=1S/C50H34N2O/c1-49(2)40-23-13-14-24-41(40)50(38-21-11-9-19-34(38)35-20-10-12-22-39(35)50)42-27-26-36-37-29-33(25-28-45(37)53-47(36)46(42)49)44-30-43(31-15-5-3-6-16-31)51-48(52-44)32-17-7-4-8-18-32/h3-30H,1-2H3. The highest BCUT2D eigenvalue weighted by Crippen LogP contribution is 2.63. The second kappa shape index (κ2) is 11.0. The molecule has 0 amide bonds. The van der Waals surface area contributed by atoms with Gasteiger partial charge in [-0.25, -0.2) is 9.97 Å². The van der Waals surface area contributed by atoms with Gasteiger partial charge < -0.3 is 4.42 Å². The van der Waals surface area contributed by atoms with Crippen molar-refractivity contribution in [2.45, 2.75) is 24.7 Å². The Kier molecular flexibility index (Phi) is 6.22. The molecule has 3 heteroatoms. The van der Waals surface area contributed by atoms with Gasteiger partial charge in [-0.15, -0.1) is 0 Å². The molecule has 1 spiro atoms. The van der Waals surface area contributed by atoms with Crippen LogP contribution in [0.2, 0.25) is 0 Å². The predicted octanol–water partition coefficient (Wildman–Crippen LogP) is 12.4. The summed E-state index contributed by atoms with van der Waals surface area (Å²) in [6, 6.07) is 60.9. The van der Waals surface area contributed by atoms with E-state index in [9.17, 15) is 0 Å². The van der Waals surface area contributed by atoms with Gasteiger partial charge in [-0.2, -0.15) is 0 Å². The molecular formula is C50H34N2O. The van der Waals surface area contributed by atoms with Crippen LogP contribution in [0.4, 0.5) is 0 Å². The van der Waals surface area contributed by atoms with Crippen molar-refractivity contribution in [3.63, 3.8) is 0 Å². The minimum absolute atomic E-state index is 0.318. The Morgan fingerprint density at radius 2 is 1.00 bits per heavy atom. The molecule has 0 radical (unpaired) electrons. The van der Waals surface area contributed by atoms with E-state index in [1.807, 2.05) is 24.3 Å². The Labute approximate surface area is 308 Å². The summed E-state index contributed by atoms with van der Waals surface area (Å²) in [5, 5.41) is 2.20. The van der Waals surface area contributed by atoms with Crippen LogP contribution in [0.1, 0.15) is 47.2 Å². The van der Waals surface area contributed by atoms with Crippen LogP contribution < -0.4 is 0 Å². The zero-order valence-electron chi connectivity index (χ0n) is 29.5. The van der Waals surface area contributed by atoms with E-state index in [1.165, 1.54) is 44.5 Å². The molecule has 0 unspecified atom stereocenters. The monoisotopic (exact) mass is 678 g/mol. The average molecular weight is 679 g/mol. The van der Waals surface area contributed by atoms with Crippen LogP contribution in [0.25, 0.3) is 67.0 Å². The fourth-order valence-electron chi connectivity index (χ4n) is 9.45. The van der Waals surface area contributed by atoms with Gasteiger partial charge in [-0.1, -0.05) is 159 Å². The Morgan fingerprint density at radius 3 is 1.68 bits per heavy atom. The normalized spacial score (nSPS) is 14.5. The van der Waals surface area contributed by atoms with Gasteiger partial charge in [0, 0.05) is 38.4 Å². The zero-order chi connectivity index (χ0) is 35.3. The van der Waals surface area contributed by atoms with Gasteiger partial charge in [0.1, 0.15) is 11.2 Å². The molecule has 0 saturated carbocycles. The van der Waals surface area contributed by atoms with Crippen molar-refractivity contribution in [2.24, 2.45) is 0 Å². The number of hydrogen-bond donors (Lipinski definition) is 0. The first kappa shape index (κ1) is 30.1. The van der Waals surface area contributed by atoms with Crippen LogP contribution in [0.3, 0.4) is 0 Å². The van der Waals surface area contributed by atoms with E-state index in [4.69, 9.17) is 14.4 Å². The van der Waals surface area contributed by atoms with Crippen molar-refractivity contribution in [2.75, 3.05) is 0 Å². The summed E-state index contributed by atoms with van der Waals surface area (Å²) < 4.78 is 7.02. The molecule has 2 aliphatic carbocycles. The van der Waals surface area contributed by atoms with E-state index >= 15 is 0 Å². The van der Waals surface area contributed by atoms with Crippen molar-refractivity contribution < 1.29 is 4.42 Å². The molecule has 2 aromatic heterocycles. The highest BCUT2D eigenvalue weighted by Gasteiger charge is 2.54. The average Bonchev–Trinajstić information content (AvgIpc) is 3.74. The third-order valence-corrected chi connectivity index (χ3v) is 11.7. The van der Waals surface area contributed by atoms with Gasteiger partial charge in [-0.3, -0.25) is 0 Å². The SMILES string of the molecule is CC1(C)c2ccccc2C2(c3ccccc3-c3ccccc32)c2ccc3c(oc4ccc(-c5cc(-c6ccccc6)nc(-c6ccccc6)n5)cc43)c21. The van der Waals surface area contributed by atoms with Crippen molar-refractivity contribution in [3.05, 3.63) is 203 Å². The van der Waals surface area contributed by atoms with Gasteiger partial charge in [0.15, 0.2) is 5.82 Å². The molecule has 250 valence electrons. The van der Waals surface area contributed by atoms with Crippen LogP contribution in [0.15, 0.2) is 174 Å². The van der Waals surface area contributed by atoms with E-state index in [-0.39, 0.29) is 5.41 Å². The van der Waals surface area contributed by atoms with Gasteiger partial charge in [-0.05, 0) is 63.2 Å². The van der Waals surface area contributed by atoms with Crippen molar-refractivity contribution in [1.82, 2.24) is 9.97 Å². The minimum atomic E-state index is -0.463. The summed E-state index contributed by atoms with van der Waals surface area (Å²) in [7, 11) is 0. The predicted molar refractivity (Wildman–Crippen MR) is 215 cm³/mol. The number of benzene rings is 7. The molecule has 0 bridgehead atoms. The van der Waals surface area contributed by atoms with E-state index in [1.54, 1.807) is 0 Å². The van der Waals surface area contributed by atoms with Crippen molar-refractivity contribution in [1.29, 1.82) is 0 Å². The molecule has 0 aliphatic heterocycles. The second-order valence-electron chi connectivity index (χ2n) is 14.9. The number of fused-ring (bicyclic) bond motifs is 13. The molecule has 0 fully saturated rings. The molecule has 0 atom stereocenters. The molecular weight excluding hydrogens is 645 g/mol. The maximum Gasteiger partial charge on any atom is 0.160 e. The quantitative estimate of drug-likeness (QED) is 0.187. The minimum Gasteiger partial charge on any atom is -0.456 e. The Balaban J connectivity index is 1.17. The summed E-state index contributed by atoms with van der Waals surface area (Å²) >= 11 is 0. The lowest BCUT2D eigenvalue weighted by molar-refractivity contribution is 0.551. The number of rotatable bonds is 3. The maximum atomic E-state index is 7.02. The summed E-state index contributed by atoms with van der Waals surface area (Å²) in [4.78, 5) is 10.2. The van der Waals surface area contributed by atoms with Gasteiger partial charge in [0.05, 0.1) is 16.8 Å². The number of nitrogens with zero attached hydrogens (tertiary/aromatic N) is 2. The summed E-state index contributed by atoms with van der Waals surface area (Å²) in [6.45, 7) is 4.72. The third-order valence-electron chi connectivity index (χ3n) is 11.7. The summed E-state index contributed by atoms with van der Waals surface area (Å²) in [5.41, 5.74) is 16.3. The molecule has 2 heterocycles. The Bertz CT molecular complexity index is 2820. The van der Waals surface area contributed by atoms with Crippen LogP contribution in [0.5, 0.6) is 0 Å². The molecule has 53 heavy (non-hydrogen) atoms. The number of aromatic nitrogens is 2. The lowest BCUT2D eigenvalue weighted by Crippen LogP contribution is -2.40. The van der Waals surface area contributed by atoms with Crippen molar-refractivity contribution >= 4 is 21.9 Å². The molecule has 11 rings (SSSR count). The first-order valence-electron chi connectivity index (χ1n) is 18.3.